The minimum absolute atomic E-state index is 0.214. The fraction of sp³-hybridized carbons (Fsp3) is 0.0625. The van der Waals surface area contributed by atoms with E-state index in [2.05, 4.69) is 17.2 Å². The molecule has 0 aliphatic carbocycles. The molecule has 3 N–H and O–H groups in total. The Morgan fingerprint density at radius 1 is 1.15 bits per heavy atom. The van der Waals surface area contributed by atoms with E-state index in [1.807, 2.05) is 6.07 Å². The standard InChI is InChI=1S/C16H13ClN2O/c17-13-7-9-14(10-8-13)19-16(20)15-6-2-1-4-12(15)5-3-11-18/h1-2,4,6-10H,11,18H2,(H,19,20). The van der Waals surface area contributed by atoms with E-state index in [0.717, 1.165) is 0 Å². The normalized spacial score (nSPS) is 9.50. The maximum absolute atomic E-state index is 12.2. The molecule has 0 spiro atoms. The molecule has 2 aromatic rings. The fourth-order valence-electron chi connectivity index (χ4n) is 1.67. The maximum Gasteiger partial charge on any atom is 0.256 e. The van der Waals surface area contributed by atoms with E-state index in [1.54, 1.807) is 42.5 Å². The van der Waals surface area contributed by atoms with Crippen LogP contribution in [0.15, 0.2) is 48.5 Å². The molecule has 0 atom stereocenters. The maximum atomic E-state index is 12.2. The molecule has 4 heteroatoms. The van der Waals surface area contributed by atoms with E-state index < -0.39 is 0 Å². The summed E-state index contributed by atoms with van der Waals surface area (Å²) in [4.78, 5) is 12.2. The van der Waals surface area contributed by atoms with E-state index in [9.17, 15) is 4.79 Å². The number of halogens is 1. The van der Waals surface area contributed by atoms with Gasteiger partial charge in [-0.15, -0.1) is 0 Å². The van der Waals surface area contributed by atoms with Crippen LogP contribution in [0.4, 0.5) is 5.69 Å². The summed E-state index contributed by atoms with van der Waals surface area (Å²) in [5, 5.41) is 3.43. The Bertz CT molecular complexity index is 669. The van der Waals surface area contributed by atoms with Gasteiger partial charge in [-0.3, -0.25) is 4.79 Å². The average Bonchev–Trinajstić information content (AvgIpc) is 2.47. The number of amides is 1. The van der Waals surface area contributed by atoms with Crippen molar-refractivity contribution < 1.29 is 4.79 Å². The van der Waals surface area contributed by atoms with Crippen LogP contribution < -0.4 is 11.1 Å². The van der Waals surface area contributed by atoms with Crippen LogP contribution >= 0.6 is 11.6 Å². The number of hydrogen-bond donors (Lipinski definition) is 2. The number of benzene rings is 2. The Labute approximate surface area is 122 Å². The van der Waals surface area contributed by atoms with Crippen molar-refractivity contribution in [2.45, 2.75) is 0 Å². The van der Waals surface area contributed by atoms with Gasteiger partial charge in [0.1, 0.15) is 0 Å². The topological polar surface area (TPSA) is 55.1 Å². The molecular weight excluding hydrogens is 272 g/mol. The van der Waals surface area contributed by atoms with Crippen LogP contribution in [-0.2, 0) is 0 Å². The molecule has 20 heavy (non-hydrogen) atoms. The molecule has 0 aliphatic rings. The van der Waals surface area contributed by atoms with E-state index in [4.69, 9.17) is 17.3 Å². The van der Waals surface area contributed by atoms with Gasteiger partial charge in [0.15, 0.2) is 0 Å². The zero-order chi connectivity index (χ0) is 14.4. The number of nitrogens with one attached hydrogen (secondary N) is 1. The monoisotopic (exact) mass is 284 g/mol. The third kappa shape index (κ3) is 3.61. The number of anilines is 1. The molecule has 0 heterocycles. The molecule has 0 aliphatic heterocycles. The lowest BCUT2D eigenvalue weighted by Crippen LogP contribution is -2.13. The van der Waals surface area contributed by atoms with Crippen LogP contribution in [0, 0.1) is 11.8 Å². The minimum Gasteiger partial charge on any atom is -0.322 e. The smallest absolute Gasteiger partial charge is 0.256 e. The first-order valence-corrected chi connectivity index (χ1v) is 6.43. The summed E-state index contributed by atoms with van der Waals surface area (Å²) < 4.78 is 0. The molecule has 0 saturated carbocycles. The van der Waals surface area contributed by atoms with Crippen molar-refractivity contribution >= 4 is 23.2 Å². The number of hydrogen-bond acceptors (Lipinski definition) is 2. The molecule has 1 amide bonds. The van der Waals surface area contributed by atoms with Crippen LogP contribution in [0.3, 0.4) is 0 Å². The Morgan fingerprint density at radius 3 is 2.55 bits per heavy atom. The van der Waals surface area contributed by atoms with Crippen molar-refractivity contribution in [3.8, 4) is 11.8 Å². The Kier molecular flexibility index (Phi) is 4.78. The highest BCUT2D eigenvalue weighted by Gasteiger charge is 2.09. The largest absolute Gasteiger partial charge is 0.322 e. The predicted octanol–water partition coefficient (Wildman–Crippen LogP) is 2.90. The average molecular weight is 285 g/mol. The number of nitrogens with two attached hydrogens (primary N) is 1. The van der Waals surface area contributed by atoms with Gasteiger partial charge in [0.25, 0.3) is 5.91 Å². The number of carbonyl (C=O) groups excluding carboxylic acids is 1. The van der Waals surface area contributed by atoms with Crippen molar-refractivity contribution in [2.75, 3.05) is 11.9 Å². The summed E-state index contributed by atoms with van der Waals surface area (Å²) in [5.41, 5.74) is 7.21. The van der Waals surface area contributed by atoms with Crippen LogP contribution in [0.1, 0.15) is 15.9 Å². The van der Waals surface area contributed by atoms with Gasteiger partial charge in [0, 0.05) is 16.3 Å². The predicted molar refractivity (Wildman–Crippen MR) is 81.8 cm³/mol. The molecule has 0 fully saturated rings. The highest BCUT2D eigenvalue weighted by molar-refractivity contribution is 6.30. The molecule has 2 rings (SSSR count). The zero-order valence-electron chi connectivity index (χ0n) is 10.7. The second kappa shape index (κ2) is 6.76. The summed E-state index contributed by atoms with van der Waals surface area (Å²) in [6.07, 6.45) is 0. The first-order chi connectivity index (χ1) is 9.70. The van der Waals surface area contributed by atoms with Gasteiger partial charge in [-0.05, 0) is 36.4 Å². The minimum atomic E-state index is -0.214. The number of rotatable bonds is 2. The van der Waals surface area contributed by atoms with Gasteiger partial charge in [0.05, 0.1) is 12.1 Å². The molecular formula is C16H13ClN2O. The Hall–Kier alpha value is -2.28. The summed E-state index contributed by atoms with van der Waals surface area (Å²) >= 11 is 5.80. The summed E-state index contributed by atoms with van der Waals surface area (Å²) in [6.45, 7) is 0.257. The van der Waals surface area contributed by atoms with E-state index in [-0.39, 0.29) is 12.5 Å². The molecule has 0 unspecified atom stereocenters. The van der Waals surface area contributed by atoms with Gasteiger partial charge in [-0.1, -0.05) is 35.6 Å². The molecule has 0 saturated heterocycles. The highest BCUT2D eigenvalue weighted by Crippen LogP contribution is 2.15. The third-order valence-electron chi connectivity index (χ3n) is 2.60. The second-order valence-corrected chi connectivity index (χ2v) is 4.45. The summed E-state index contributed by atoms with van der Waals surface area (Å²) in [5.74, 6) is 5.43. The van der Waals surface area contributed by atoms with E-state index in [1.165, 1.54) is 0 Å². The highest BCUT2D eigenvalue weighted by atomic mass is 35.5. The van der Waals surface area contributed by atoms with Gasteiger partial charge in [-0.2, -0.15) is 0 Å². The second-order valence-electron chi connectivity index (χ2n) is 4.01. The van der Waals surface area contributed by atoms with E-state index in [0.29, 0.717) is 21.8 Å². The third-order valence-corrected chi connectivity index (χ3v) is 2.85. The van der Waals surface area contributed by atoms with Gasteiger partial charge < -0.3 is 11.1 Å². The number of carbonyl (C=O) groups is 1. The Balaban J connectivity index is 2.23. The zero-order valence-corrected chi connectivity index (χ0v) is 11.4. The van der Waals surface area contributed by atoms with Crippen LogP contribution in [-0.4, -0.2) is 12.5 Å². The molecule has 3 nitrogen and oxygen atoms in total. The van der Waals surface area contributed by atoms with Crippen molar-refractivity contribution in [2.24, 2.45) is 5.73 Å². The van der Waals surface area contributed by atoms with Crippen LogP contribution in [0.25, 0.3) is 0 Å². The summed E-state index contributed by atoms with van der Waals surface area (Å²) in [7, 11) is 0. The SMILES string of the molecule is NCC#Cc1ccccc1C(=O)Nc1ccc(Cl)cc1. The first-order valence-electron chi connectivity index (χ1n) is 6.05. The summed E-state index contributed by atoms with van der Waals surface area (Å²) in [6, 6.07) is 14.1. The molecule has 100 valence electrons. The fourth-order valence-corrected chi connectivity index (χ4v) is 1.79. The quantitative estimate of drug-likeness (QED) is 0.833. The lowest BCUT2D eigenvalue weighted by molar-refractivity contribution is 0.102. The van der Waals surface area contributed by atoms with Gasteiger partial charge in [0.2, 0.25) is 0 Å². The van der Waals surface area contributed by atoms with Crippen molar-refractivity contribution in [3.63, 3.8) is 0 Å². The van der Waals surface area contributed by atoms with Crippen LogP contribution in [0.5, 0.6) is 0 Å². The molecule has 0 radical (unpaired) electrons. The van der Waals surface area contributed by atoms with Gasteiger partial charge in [-0.25, -0.2) is 0 Å². The first kappa shape index (κ1) is 14.1. The van der Waals surface area contributed by atoms with Crippen molar-refractivity contribution in [1.29, 1.82) is 0 Å². The molecule has 0 aromatic heterocycles. The van der Waals surface area contributed by atoms with E-state index >= 15 is 0 Å². The van der Waals surface area contributed by atoms with Crippen molar-refractivity contribution in [3.05, 3.63) is 64.7 Å². The lowest BCUT2D eigenvalue weighted by Gasteiger charge is -2.07. The lowest BCUT2D eigenvalue weighted by atomic mass is 10.1. The van der Waals surface area contributed by atoms with Crippen molar-refractivity contribution in [1.82, 2.24) is 0 Å². The molecule has 0 bridgehead atoms. The Morgan fingerprint density at radius 2 is 1.85 bits per heavy atom. The molecule has 2 aromatic carbocycles. The van der Waals surface area contributed by atoms with Crippen LogP contribution in [0.2, 0.25) is 5.02 Å². The van der Waals surface area contributed by atoms with Gasteiger partial charge >= 0.3 is 0 Å².